The van der Waals surface area contributed by atoms with Crippen molar-refractivity contribution in [2.45, 2.75) is 57.8 Å². The maximum absolute atomic E-state index is 13.0. The molecule has 2 aliphatic heterocycles. The van der Waals surface area contributed by atoms with Gasteiger partial charge in [-0.15, -0.1) is 0 Å². The van der Waals surface area contributed by atoms with E-state index in [0.29, 0.717) is 12.8 Å². The van der Waals surface area contributed by atoms with Gasteiger partial charge in [0, 0.05) is 13.5 Å². The summed E-state index contributed by atoms with van der Waals surface area (Å²) in [4.78, 5) is 54.3. The number of nitrogens with one attached hydrogen (secondary N) is 2. The highest BCUT2D eigenvalue weighted by Gasteiger charge is 2.54. The minimum atomic E-state index is -0.812. The van der Waals surface area contributed by atoms with Crippen molar-refractivity contribution < 1.29 is 19.2 Å². The molecule has 8 nitrogen and oxygen atoms in total. The average molecular weight is 415 g/mol. The largest absolute Gasteiger partial charge is 0.343 e. The van der Waals surface area contributed by atoms with Crippen molar-refractivity contribution in [1.29, 1.82) is 0 Å². The number of fused-ring (bicyclic) bond motifs is 1. The molecule has 30 heavy (non-hydrogen) atoms. The lowest BCUT2D eigenvalue weighted by Gasteiger charge is -2.27. The van der Waals surface area contributed by atoms with Gasteiger partial charge in [-0.25, -0.2) is 0 Å². The lowest BCUT2D eigenvalue weighted by atomic mass is 10.0. The van der Waals surface area contributed by atoms with Crippen LogP contribution < -0.4 is 10.6 Å². The second kappa shape index (κ2) is 8.85. The zero-order valence-corrected chi connectivity index (χ0v) is 17.9. The number of hydrogen-bond donors (Lipinski definition) is 2. The monoisotopic (exact) mass is 414 g/mol. The third-order valence-electron chi connectivity index (χ3n) is 5.62. The number of amides is 4. The molecule has 1 aromatic carbocycles. The van der Waals surface area contributed by atoms with E-state index >= 15 is 0 Å². The Hall–Kier alpha value is -2.90. The van der Waals surface area contributed by atoms with Crippen LogP contribution in [0.1, 0.15) is 32.8 Å². The lowest BCUT2D eigenvalue weighted by Crippen LogP contribution is -2.55. The van der Waals surface area contributed by atoms with Crippen LogP contribution in [-0.2, 0) is 25.6 Å². The van der Waals surface area contributed by atoms with Gasteiger partial charge in [-0.2, -0.15) is 0 Å². The van der Waals surface area contributed by atoms with Crippen LogP contribution >= 0.6 is 0 Å². The molecule has 0 bridgehead atoms. The molecule has 8 heteroatoms. The van der Waals surface area contributed by atoms with Crippen LogP contribution in [0.3, 0.4) is 0 Å². The molecule has 2 aliphatic rings. The van der Waals surface area contributed by atoms with Gasteiger partial charge in [-0.05, 0) is 24.8 Å². The van der Waals surface area contributed by atoms with E-state index in [4.69, 9.17) is 0 Å². The van der Waals surface area contributed by atoms with Gasteiger partial charge in [0.1, 0.15) is 18.1 Å². The first-order valence-electron chi connectivity index (χ1n) is 10.4. The molecular weight excluding hydrogens is 384 g/mol. The van der Waals surface area contributed by atoms with E-state index in [9.17, 15) is 19.2 Å². The number of likely N-dealkylation sites (N-methyl/N-ethyl adjacent to an activating group) is 1. The highest BCUT2D eigenvalue weighted by molar-refractivity contribution is 6.00. The van der Waals surface area contributed by atoms with Crippen LogP contribution in [0.15, 0.2) is 30.3 Å². The van der Waals surface area contributed by atoms with Crippen molar-refractivity contribution in [1.82, 2.24) is 20.4 Å². The summed E-state index contributed by atoms with van der Waals surface area (Å²) in [5.74, 6) is -1.13. The molecule has 0 saturated carbocycles. The normalized spacial score (nSPS) is 27.8. The van der Waals surface area contributed by atoms with E-state index in [1.165, 1.54) is 16.8 Å². The first-order valence-corrected chi connectivity index (χ1v) is 10.4. The summed E-state index contributed by atoms with van der Waals surface area (Å²) < 4.78 is 0. The Morgan fingerprint density at radius 2 is 1.67 bits per heavy atom. The number of carbonyl (C=O) groups is 4. The molecule has 2 saturated heterocycles. The zero-order valence-electron chi connectivity index (χ0n) is 17.9. The number of hydrogen-bond acceptors (Lipinski definition) is 4. The minimum absolute atomic E-state index is 0.180. The van der Waals surface area contributed by atoms with Crippen LogP contribution in [-0.4, -0.2) is 71.2 Å². The van der Waals surface area contributed by atoms with Crippen molar-refractivity contribution in [3.05, 3.63) is 35.9 Å². The fourth-order valence-electron chi connectivity index (χ4n) is 4.01. The molecule has 3 rings (SSSR count). The zero-order chi connectivity index (χ0) is 22.0. The summed E-state index contributed by atoms with van der Waals surface area (Å²) in [6.45, 7) is 5.56. The minimum Gasteiger partial charge on any atom is -0.343 e. The van der Waals surface area contributed by atoms with E-state index < -0.39 is 18.1 Å². The fourth-order valence-corrected chi connectivity index (χ4v) is 4.01. The van der Waals surface area contributed by atoms with Gasteiger partial charge < -0.3 is 20.4 Å². The summed E-state index contributed by atoms with van der Waals surface area (Å²) in [5, 5.41) is 5.59. The Morgan fingerprint density at radius 1 is 1.00 bits per heavy atom. The van der Waals surface area contributed by atoms with Crippen molar-refractivity contribution in [2.75, 3.05) is 13.6 Å². The molecule has 2 fully saturated rings. The third kappa shape index (κ3) is 4.80. The Labute approximate surface area is 177 Å². The molecule has 0 aliphatic carbocycles. The highest BCUT2D eigenvalue weighted by atomic mass is 16.2. The number of rotatable bonds is 4. The maximum Gasteiger partial charge on any atom is 0.246 e. The molecule has 0 aromatic heterocycles. The summed E-state index contributed by atoms with van der Waals surface area (Å²) in [5.41, 5.74) is 0.898. The van der Waals surface area contributed by atoms with E-state index in [0.717, 1.165) is 5.56 Å². The van der Waals surface area contributed by atoms with E-state index in [2.05, 4.69) is 10.6 Å². The molecule has 2 N–H and O–H groups in total. The van der Waals surface area contributed by atoms with Gasteiger partial charge in [0.2, 0.25) is 23.6 Å². The number of nitrogens with zero attached hydrogens (tertiary/aromatic N) is 2. The molecule has 0 spiro atoms. The molecule has 4 amide bonds. The van der Waals surface area contributed by atoms with E-state index in [-0.39, 0.29) is 42.1 Å². The van der Waals surface area contributed by atoms with Crippen molar-refractivity contribution in [3.8, 4) is 0 Å². The number of carbonyl (C=O) groups excluding carboxylic acids is 4. The van der Waals surface area contributed by atoms with Crippen LogP contribution in [0.4, 0.5) is 0 Å². The van der Waals surface area contributed by atoms with Crippen LogP contribution in [0.2, 0.25) is 0 Å². The topological polar surface area (TPSA) is 98.6 Å². The first kappa shape index (κ1) is 21.8. The Kier molecular flexibility index (Phi) is 6.43. The molecule has 162 valence electrons. The quantitative estimate of drug-likeness (QED) is 0.693. The summed E-state index contributed by atoms with van der Waals surface area (Å²) in [7, 11) is 1.53. The fraction of sp³-hybridized carbons (Fsp3) is 0.545. The molecule has 4 atom stereocenters. The molecule has 2 heterocycles. The second-order valence-corrected chi connectivity index (χ2v) is 8.63. The van der Waals surface area contributed by atoms with Crippen molar-refractivity contribution in [3.63, 3.8) is 0 Å². The second-order valence-electron chi connectivity index (χ2n) is 8.63. The highest BCUT2D eigenvalue weighted by Crippen LogP contribution is 2.30. The van der Waals surface area contributed by atoms with Gasteiger partial charge in [0.25, 0.3) is 0 Å². The lowest BCUT2D eigenvalue weighted by molar-refractivity contribution is -0.140. The van der Waals surface area contributed by atoms with Crippen LogP contribution in [0, 0.1) is 5.92 Å². The first-order chi connectivity index (χ1) is 14.2. The smallest absolute Gasteiger partial charge is 0.246 e. The van der Waals surface area contributed by atoms with Gasteiger partial charge >= 0.3 is 0 Å². The van der Waals surface area contributed by atoms with Crippen molar-refractivity contribution >= 4 is 23.6 Å². The van der Waals surface area contributed by atoms with Crippen LogP contribution in [0.25, 0.3) is 0 Å². The van der Waals surface area contributed by atoms with Gasteiger partial charge in [0.15, 0.2) is 0 Å². The third-order valence-corrected chi connectivity index (χ3v) is 5.62. The number of benzene rings is 1. The average Bonchev–Trinajstić information content (AvgIpc) is 3.36. The summed E-state index contributed by atoms with van der Waals surface area (Å²) in [6.07, 6.45) is 0.777. The van der Waals surface area contributed by atoms with Gasteiger partial charge in [-0.3, -0.25) is 19.2 Å². The molecule has 0 radical (unpaired) electrons. The molecule has 1 aromatic rings. The maximum atomic E-state index is 13.0. The van der Waals surface area contributed by atoms with Gasteiger partial charge in [-0.1, -0.05) is 44.2 Å². The Bertz CT molecular complexity index is 826. The standard InChI is InChI=1S/C22H30N4O4/c1-13(2)10-16-22(30)26-14(3)19(26)20(28)24-17(11-15-8-6-5-7-9-15)21(29)25(4)12-18(27)23-16/h5-9,13-14,16-17,19H,10-12H2,1-4H3,(H,23,27)(H,24,28)/t14-,16-,17-,19-,26?/m0/s1. The predicted octanol–water partition coefficient (Wildman–Crippen LogP) is 0.316. The molecular formula is C22H30N4O4. The Morgan fingerprint density at radius 3 is 2.30 bits per heavy atom. The van der Waals surface area contributed by atoms with Gasteiger partial charge in [0.05, 0.1) is 12.6 Å². The van der Waals surface area contributed by atoms with Crippen LogP contribution in [0.5, 0.6) is 0 Å². The summed E-state index contributed by atoms with van der Waals surface area (Å²) in [6, 6.07) is 6.97. The Balaban J connectivity index is 1.86. The molecule has 0 unspecified atom stereocenters. The van der Waals surface area contributed by atoms with E-state index in [1.807, 2.05) is 44.2 Å². The van der Waals surface area contributed by atoms with E-state index in [1.54, 1.807) is 6.92 Å². The van der Waals surface area contributed by atoms with Crippen molar-refractivity contribution in [2.24, 2.45) is 5.92 Å². The summed E-state index contributed by atoms with van der Waals surface area (Å²) >= 11 is 0. The predicted molar refractivity (Wildman–Crippen MR) is 111 cm³/mol. The SMILES string of the molecule is CC(C)C[C@@H]1NC(=O)CN(C)C(=O)[C@H](Cc2ccccc2)NC(=O)[C@@H]2[C@H](C)N2C1=O.